The van der Waals surface area contributed by atoms with Gasteiger partial charge in [-0.1, -0.05) is 45.2 Å². The first-order valence-electron chi connectivity index (χ1n) is 9.76. The number of benzene rings is 1. The van der Waals surface area contributed by atoms with E-state index in [-0.39, 0.29) is 24.3 Å². The fourth-order valence-electron chi connectivity index (χ4n) is 3.76. The van der Waals surface area contributed by atoms with Crippen molar-refractivity contribution in [1.82, 2.24) is 0 Å². The quantitative estimate of drug-likeness (QED) is 0.524. The predicted octanol–water partition coefficient (Wildman–Crippen LogP) is 4.16. The third kappa shape index (κ3) is 4.42. The van der Waals surface area contributed by atoms with Crippen molar-refractivity contribution in [3.05, 3.63) is 35.4 Å². The molecular formula is C21H30O4. The molecule has 4 nitrogen and oxygen atoms in total. The molecule has 4 unspecified atom stereocenters. The van der Waals surface area contributed by atoms with Crippen molar-refractivity contribution in [1.29, 1.82) is 0 Å². The van der Waals surface area contributed by atoms with Crippen LogP contribution in [0.4, 0.5) is 0 Å². The monoisotopic (exact) mass is 346 g/mol. The average Bonchev–Trinajstić information content (AvgIpc) is 3.22. The summed E-state index contributed by atoms with van der Waals surface area (Å²) in [7, 11) is 0. The molecule has 0 aromatic heterocycles. The van der Waals surface area contributed by atoms with E-state index in [1.165, 1.54) is 31.2 Å². The van der Waals surface area contributed by atoms with Gasteiger partial charge in [-0.05, 0) is 37.0 Å². The molecule has 0 saturated carbocycles. The van der Waals surface area contributed by atoms with Gasteiger partial charge < -0.3 is 14.2 Å². The van der Waals surface area contributed by atoms with Crippen molar-refractivity contribution in [3.63, 3.8) is 0 Å². The minimum absolute atomic E-state index is 0.0771. The Morgan fingerprint density at radius 2 is 1.80 bits per heavy atom. The molecule has 4 atom stereocenters. The molecule has 2 saturated heterocycles. The highest BCUT2D eigenvalue weighted by Crippen LogP contribution is 2.34. The number of ether oxygens (including phenoxy) is 3. The van der Waals surface area contributed by atoms with Crippen molar-refractivity contribution in [2.75, 3.05) is 13.2 Å². The molecule has 0 bridgehead atoms. The van der Waals surface area contributed by atoms with Gasteiger partial charge >= 0.3 is 5.97 Å². The molecule has 0 spiro atoms. The fraction of sp³-hybridized carbons (Fsp3) is 0.667. The first-order chi connectivity index (χ1) is 12.2. The molecule has 3 rings (SSSR count). The molecule has 0 radical (unpaired) electrons. The minimum Gasteiger partial charge on any atom is -0.453 e. The minimum atomic E-state index is -0.289. The van der Waals surface area contributed by atoms with Crippen molar-refractivity contribution in [3.8, 4) is 0 Å². The Morgan fingerprint density at radius 1 is 1.04 bits per heavy atom. The Balaban J connectivity index is 1.50. The van der Waals surface area contributed by atoms with Gasteiger partial charge in [0.15, 0.2) is 6.10 Å². The second-order valence-electron chi connectivity index (χ2n) is 7.22. The molecule has 138 valence electrons. The summed E-state index contributed by atoms with van der Waals surface area (Å²) in [4.78, 5) is 12.4. The second-order valence-corrected chi connectivity index (χ2v) is 7.22. The molecule has 0 amide bonds. The molecule has 1 aromatic rings. The maximum absolute atomic E-state index is 12.4. The highest BCUT2D eigenvalue weighted by molar-refractivity contribution is 5.89. The van der Waals surface area contributed by atoms with Crippen LogP contribution in [0.2, 0.25) is 0 Å². The molecule has 4 heteroatoms. The van der Waals surface area contributed by atoms with E-state index >= 15 is 0 Å². The Hall–Kier alpha value is -1.39. The summed E-state index contributed by atoms with van der Waals surface area (Å²) >= 11 is 0. The number of unbranched alkanes of at least 4 members (excludes halogenated alkanes) is 3. The van der Waals surface area contributed by atoms with Crippen LogP contribution in [0.5, 0.6) is 0 Å². The van der Waals surface area contributed by atoms with Crippen molar-refractivity contribution < 1.29 is 19.0 Å². The van der Waals surface area contributed by atoms with E-state index in [1.54, 1.807) is 0 Å². The normalized spacial score (nSPS) is 28.1. The molecule has 25 heavy (non-hydrogen) atoms. The SMILES string of the molecule is CCCCCCc1ccc(C(=O)OC2COC3C(CC)COC23)cc1. The maximum atomic E-state index is 12.4. The first-order valence-corrected chi connectivity index (χ1v) is 9.76. The van der Waals surface area contributed by atoms with Crippen molar-refractivity contribution in [2.45, 2.75) is 70.7 Å². The summed E-state index contributed by atoms with van der Waals surface area (Å²) in [6.45, 7) is 5.50. The van der Waals surface area contributed by atoms with Gasteiger partial charge in [0.2, 0.25) is 0 Å². The van der Waals surface area contributed by atoms with Crippen molar-refractivity contribution >= 4 is 5.97 Å². The standard InChI is InChI=1S/C21H30O4/c1-3-5-6-7-8-15-9-11-17(12-10-15)21(22)25-18-14-24-19-16(4-2)13-23-20(18)19/h9-12,16,18-20H,3-8,13-14H2,1-2H3. The number of fused-ring (bicyclic) bond motifs is 1. The van der Waals surface area contributed by atoms with Crippen LogP contribution in [0.3, 0.4) is 0 Å². The number of aryl methyl sites for hydroxylation is 1. The van der Waals surface area contributed by atoms with Crippen LogP contribution in [-0.4, -0.2) is 37.5 Å². The predicted molar refractivity (Wildman–Crippen MR) is 96.8 cm³/mol. The van der Waals surface area contributed by atoms with E-state index in [4.69, 9.17) is 14.2 Å². The zero-order valence-corrected chi connectivity index (χ0v) is 15.4. The van der Waals surface area contributed by atoms with Crippen LogP contribution in [-0.2, 0) is 20.6 Å². The fourth-order valence-corrected chi connectivity index (χ4v) is 3.76. The van der Waals surface area contributed by atoms with Crippen LogP contribution < -0.4 is 0 Å². The van der Waals surface area contributed by atoms with Crippen LogP contribution >= 0.6 is 0 Å². The molecule has 2 aliphatic rings. The lowest BCUT2D eigenvalue weighted by molar-refractivity contribution is -0.0161. The van der Waals surface area contributed by atoms with Crippen molar-refractivity contribution in [2.24, 2.45) is 5.92 Å². The van der Waals surface area contributed by atoms with E-state index in [0.29, 0.717) is 24.7 Å². The van der Waals surface area contributed by atoms with Crippen LogP contribution in [0.25, 0.3) is 0 Å². The molecule has 2 heterocycles. The van der Waals surface area contributed by atoms with E-state index in [9.17, 15) is 4.79 Å². The highest BCUT2D eigenvalue weighted by Gasteiger charge is 2.48. The van der Waals surface area contributed by atoms with Gasteiger partial charge in [0.1, 0.15) is 6.10 Å². The van der Waals surface area contributed by atoms with Gasteiger partial charge in [0.25, 0.3) is 0 Å². The number of hydrogen-bond donors (Lipinski definition) is 0. The molecule has 0 N–H and O–H groups in total. The Bertz CT molecular complexity index is 554. The lowest BCUT2D eigenvalue weighted by atomic mass is 9.99. The smallest absolute Gasteiger partial charge is 0.338 e. The summed E-state index contributed by atoms with van der Waals surface area (Å²) in [5.41, 5.74) is 1.88. The number of rotatable bonds is 8. The largest absolute Gasteiger partial charge is 0.453 e. The lowest BCUT2D eigenvalue weighted by Gasteiger charge is -2.17. The molecule has 1 aromatic carbocycles. The summed E-state index contributed by atoms with van der Waals surface area (Å²) in [6.07, 6.45) is 6.79. The summed E-state index contributed by atoms with van der Waals surface area (Å²) in [6, 6.07) is 7.82. The lowest BCUT2D eigenvalue weighted by Crippen LogP contribution is -2.33. The average molecular weight is 346 g/mol. The molecular weight excluding hydrogens is 316 g/mol. The number of carbonyl (C=O) groups excluding carboxylic acids is 1. The van der Waals surface area contributed by atoms with Crippen LogP contribution in [0.15, 0.2) is 24.3 Å². The van der Waals surface area contributed by atoms with E-state index < -0.39 is 0 Å². The third-order valence-corrected chi connectivity index (χ3v) is 5.40. The van der Waals surface area contributed by atoms with Gasteiger partial charge in [0.05, 0.1) is 24.9 Å². The third-order valence-electron chi connectivity index (χ3n) is 5.40. The maximum Gasteiger partial charge on any atom is 0.338 e. The molecule has 2 aliphatic heterocycles. The summed E-state index contributed by atoms with van der Waals surface area (Å²) < 4.78 is 17.3. The number of hydrogen-bond acceptors (Lipinski definition) is 4. The number of carbonyl (C=O) groups is 1. The van der Waals surface area contributed by atoms with Gasteiger partial charge in [0, 0.05) is 5.92 Å². The second kappa shape index (κ2) is 8.81. The van der Waals surface area contributed by atoms with Gasteiger partial charge in [-0.2, -0.15) is 0 Å². The highest BCUT2D eigenvalue weighted by atomic mass is 16.6. The first kappa shape index (κ1) is 18.4. The van der Waals surface area contributed by atoms with Gasteiger partial charge in [-0.15, -0.1) is 0 Å². The zero-order chi connectivity index (χ0) is 17.6. The van der Waals surface area contributed by atoms with Gasteiger partial charge in [-0.25, -0.2) is 4.79 Å². The Labute approximate surface area is 150 Å². The topological polar surface area (TPSA) is 44.8 Å². The van der Waals surface area contributed by atoms with E-state index in [2.05, 4.69) is 13.8 Å². The van der Waals surface area contributed by atoms with Gasteiger partial charge in [-0.3, -0.25) is 0 Å². The summed E-state index contributed by atoms with van der Waals surface area (Å²) in [5.74, 6) is 0.135. The van der Waals surface area contributed by atoms with Crippen LogP contribution in [0.1, 0.15) is 61.9 Å². The zero-order valence-electron chi connectivity index (χ0n) is 15.4. The molecule has 0 aliphatic carbocycles. The van der Waals surface area contributed by atoms with E-state index in [1.807, 2.05) is 24.3 Å². The Kier molecular flexibility index (Phi) is 6.49. The molecule has 2 fully saturated rings. The Morgan fingerprint density at radius 3 is 2.52 bits per heavy atom. The van der Waals surface area contributed by atoms with E-state index in [0.717, 1.165) is 12.8 Å². The van der Waals surface area contributed by atoms with Crippen LogP contribution in [0, 0.1) is 5.92 Å². The summed E-state index contributed by atoms with van der Waals surface area (Å²) in [5, 5.41) is 0. The number of esters is 1.